The molecule has 168 valence electrons. The number of fused-ring (bicyclic) bond motifs is 1. The standard InChI is InChI=1S/C25H23N3O5/c29-23-10-6-18(15-26-23)24(30)27-19-7-3-16(4-8-19)25(31)28-11-1-2-20(28)17-5-9-21-22(14-17)33-13-12-32-21/h3-10,14-15,20H,1-2,11-13H2,(H,26,29)(H,27,30)/t20-/m1/s1. The lowest BCUT2D eigenvalue weighted by Gasteiger charge is -2.27. The Morgan fingerprint density at radius 3 is 2.45 bits per heavy atom. The van der Waals surface area contributed by atoms with Crippen molar-refractivity contribution in [2.24, 2.45) is 0 Å². The molecular weight excluding hydrogens is 422 g/mol. The minimum atomic E-state index is -0.344. The Morgan fingerprint density at radius 1 is 0.939 bits per heavy atom. The molecule has 2 aromatic carbocycles. The first-order valence-corrected chi connectivity index (χ1v) is 10.9. The molecule has 8 heteroatoms. The minimum Gasteiger partial charge on any atom is -0.486 e. The van der Waals surface area contributed by atoms with Gasteiger partial charge in [-0.15, -0.1) is 0 Å². The number of aromatic nitrogens is 1. The number of carbonyl (C=O) groups excluding carboxylic acids is 2. The van der Waals surface area contributed by atoms with E-state index >= 15 is 0 Å². The van der Waals surface area contributed by atoms with Crippen LogP contribution in [0.15, 0.2) is 65.6 Å². The van der Waals surface area contributed by atoms with Crippen molar-refractivity contribution >= 4 is 17.5 Å². The maximum absolute atomic E-state index is 13.3. The fourth-order valence-electron chi connectivity index (χ4n) is 4.24. The number of amides is 2. The first-order valence-electron chi connectivity index (χ1n) is 10.9. The number of rotatable bonds is 4. The molecule has 2 aliphatic rings. The SMILES string of the molecule is O=C(Nc1ccc(C(=O)N2CCC[C@@H]2c2ccc3c(c2)OCCO3)cc1)c1ccc(=O)[nH]c1. The Hall–Kier alpha value is -4.07. The Bertz CT molecular complexity index is 1230. The normalized spacial score (nSPS) is 17.0. The van der Waals surface area contributed by atoms with Crippen LogP contribution in [0.3, 0.4) is 0 Å². The van der Waals surface area contributed by atoms with Crippen LogP contribution < -0.4 is 20.3 Å². The summed E-state index contributed by atoms with van der Waals surface area (Å²) in [5, 5.41) is 2.77. The van der Waals surface area contributed by atoms with Gasteiger partial charge in [-0.2, -0.15) is 0 Å². The van der Waals surface area contributed by atoms with E-state index in [1.807, 2.05) is 23.1 Å². The van der Waals surface area contributed by atoms with E-state index in [-0.39, 0.29) is 23.4 Å². The Morgan fingerprint density at radius 2 is 1.70 bits per heavy atom. The van der Waals surface area contributed by atoms with E-state index in [0.29, 0.717) is 36.6 Å². The van der Waals surface area contributed by atoms with Crippen LogP contribution in [0.2, 0.25) is 0 Å². The summed E-state index contributed by atoms with van der Waals surface area (Å²) in [6.45, 7) is 1.75. The van der Waals surface area contributed by atoms with E-state index in [4.69, 9.17) is 9.47 Å². The molecule has 3 aromatic rings. The molecule has 0 aliphatic carbocycles. The van der Waals surface area contributed by atoms with Crippen molar-refractivity contribution in [2.75, 3.05) is 25.1 Å². The predicted molar refractivity (Wildman–Crippen MR) is 122 cm³/mol. The number of likely N-dealkylation sites (tertiary alicyclic amines) is 1. The van der Waals surface area contributed by atoms with Gasteiger partial charge in [-0.05, 0) is 60.9 Å². The maximum atomic E-state index is 13.3. The fourth-order valence-corrected chi connectivity index (χ4v) is 4.24. The number of hydrogen-bond donors (Lipinski definition) is 2. The van der Waals surface area contributed by atoms with E-state index in [9.17, 15) is 14.4 Å². The lowest BCUT2D eigenvalue weighted by atomic mass is 10.0. The summed E-state index contributed by atoms with van der Waals surface area (Å²) < 4.78 is 11.3. The lowest BCUT2D eigenvalue weighted by Crippen LogP contribution is -2.30. The second-order valence-electron chi connectivity index (χ2n) is 8.03. The van der Waals surface area contributed by atoms with Crippen LogP contribution in [0.5, 0.6) is 11.5 Å². The zero-order valence-corrected chi connectivity index (χ0v) is 17.9. The van der Waals surface area contributed by atoms with E-state index in [1.165, 1.54) is 18.3 Å². The van der Waals surface area contributed by atoms with Gasteiger partial charge in [0.05, 0.1) is 11.6 Å². The smallest absolute Gasteiger partial charge is 0.257 e. The van der Waals surface area contributed by atoms with Crippen molar-refractivity contribution in [3.05, 3.63) is 87.8 Å². The Labute approximate surface area is 190 Å². The largest absolute Gasteiger partial charge is 0.486 e. The second kappa shape index (κ2) is 8.82. The number of benzene rings is 2. The van der Waals surface area contributed by atoms with Gasteiger partial charge < -0.3 is 24.7 Å². The zero-order valence-electron chi connectivity index (χ0n) is 17.9. The number of H-pyrrole nitrogens is 1. The van der Waals surface area contributed by atoms with E-state index < -0.39 is 0 Å². The van der Waals surface area contributed by atoms with E-state index in [1.54, 1.807) is 24.3 Å². The molecule has 1 aromatic heterocycles. The van der Waals surface area contributed by atoms with Crippen molar-refractivity contribution in [2.45, 2.75) is 18.9 Å². The minimum absolute atomic E-state index is 0.0204. The number of ether oxygens (including phenoxy) is 2. The van der Waals surface area contributed by atoms with Gasteiger partial charge in [0.25, 0.3) is 11.8 Å². The van der Waals surface area contributed by atoms with Gasteiger partial charge in [-0.1, -0.05) is 6.07 Å². The highest BCUT2D eigenvalue weighted by atomic mass is 16.6. The Balaban J connectivity index is 1.29. The van der Waals surface area contributed by atoms with Gasteiger partial charge in [0, 0.05) is 30.1 Å². The summed E-state index contributed by atoms with van der Waals surface area (Å²) in [6.07, 6.45) is 3.18. The van der Waals surface area contributed by atoms with Crippen LogP contribution in [0, 0.1) is 0 Å². The highest BCUT2D eigenvalue weighted by Crippen LogP contribution is 2.38. The number of nitrogens with zero attached hydrogens (tertiary/aromatic N) is 1. The van der Waals surface area contributed by atoms with Crippen molar-refractivity contribution in [1.82, 2.24) is 9.88 Å². The molecule has 0 spiro atoms. The zero-order chi connectivity index (χ0) is 22.8. The average Bonchev–Trinajstić information content (AvgIpc) is 3.34. The molecule has 0 saturated carbocycles. The van der Waals surface area contributed by atoms with Crippen LogP contribution in [-0.4, -0.2) is 41.5 Å². The van der Waals surface area contributed by atoms with Crippen molar-refractivity contribution < 1.29 is 19.1 Å². The van der Waals surface area contributed by atoms with Gasteiger partial charge in [-0.3, -0.25) is 14.4 Å². The van der Waals surface area contributed by atoms with Gasteiger partial charge >= 0.3 is 0 Å². The number of nitrogens with one attached hydrogen (secondary N) is 2. The van der Waals surface area contributed by atoms with Gasteiger partial charge in [0.1, 0.15) is 13.2 Å². The van der Waals surface area contributed by atoms with Crippen LogP contribution in [-0.2, 0) is 0 Å². The molecule has 33 heavy (non-hydrogen) atoms. The third kappa shape index (κ3) is 4.32. The molecule has 0 bridgehead atoms. The van der Waals surface area contributed by atoms with Crippen molar-refractivity contribution in [3.63, 3.8) is 0 Å². The lowest BCUT2D eigenvalue weighted by molar-refractivity contribution is 0.0735. The molecule has 2 N–H and O–H groups in total. The highest BCUT2D eigenvalue weighted by Gasteiger charge is 2.31. The van der Waals surface area contributed by atoms with Crippen LogP contribution in [0.4, 0.5) is 5.69 Å². The third-order valence-electron chi connectivity index (χ3n) is 5.90. The van der Waals surface area contributed by atoms with Crippen LogP contribution >= 0.6 is 0 Å². The molecule has 0 unspecified atom stereocenters. The number of carbonyl (C=O) groups is 2. The maximum Gasteiger partial charge on any atom is 0.257 e. The topological polar surface area (TPSA) is 101 Å². The summed E-state index contributed by atoms with van der Waals surface area (Å²) in [7, 11) is 0. The van der Waals surface area contributed by atoms with Gasteiger partial charge in [0.15, 0.2) is 11.5 Å². The molecule has 1 saturated heterocycles. The highest BCUT2D eigenvalue weighted by molar-refractivity contribution is 6.04. The van der Waals surface area contributed by atoms with Crippen LogP contribution in [0.25, 0.3) is 0 Å². The van der Waals surface area contributed by atoms with Crippen molar-refractivity contribution in [1.29, 1.82) is 0 Å². The number of anilines is 1. The van der Waals surface area contributed by atoms with E-state index in [0.717, 1.165) is 29.9 Å². The van der Waals surface area contributed by atoms with E-state index in [2.05, 4.69) is 10.3 Å². The molecule has 3 heterocycles. The second-order valence-corrected chi connectivity index (χ2v) is 8.03. The van der Waals surface area contributed by atoms with Gasteiger partial charge in [-0.25, -0.2) is 0 Å². The molecule has 1 atom stereocenters. The number of pyridine rings is 1. The molecule has 1 fully saturated rings. The quantitative estimate of drug-likeness (QED) is 0.641. The summed E-state index contributed by atoms with van der Waals surface area (Å²) >= 11 is 0. The third-order valence-corrected chi connectivity index (χ3v) is 5.90. The molecule has 2 amide bonds. The molecule has 5 rings (SSSR count). The first kappa shape index (κ1) is 20.8. The van der Waals surface area contributed by atoms with Crippen LogP contribution in [0.1, 0.15) is 45.2 Å². The molecule has 8 nitrogen and oxygen atoms in total. The molecular formula is C25H23N3O5. The summed E-state index contributed by atoms with van der Waals surface area (Å²) in [5.74, 6) is 1.07. The first-order chi connectivity index (χ1) is 16.1. The van der Waals surface area contributed by atoms with Crippen molar-refractivity contribution in [3.8, 4) is 11.5 Å². The molecule has 2 aliphatic heterocycles. The molecule has 0 radical (unpaired) electrons. The summed E-state index contributed by atoms with van der Waals surface area (Å²) in [4.78, 5) is 41.1. The average molecular weight is 445 g/mol. The summed E-state index contributed by atoms with van der Waals surface area (Å²) in [5.41, 5.74) is 2.23. The number of aromatic amines is 1. The van der Waals surface area contributed by atoms with Gasteiger partial charge in [0.2, 0.25) is 5.56 Å². The monoisotopic (exact) mass is 445 g/mol. The summed E-state index contributed by atoms with van der Waals surface area (Å²) in [6, 6.07) is 15.4. The Kier molecular flexibility index (Phi) is 5.56. The fraction of sp³-hybridized carbons (Fsp3) is 0.240. The number of hydrogen-bond acceptors (Lipinski definition) is 5. The predicted octanol–water partition coefficient (Wildman–Crippen LogP) is 3.38.